The molecule has 62 valence electrons. The second-order valence-electron chi connectivity index (χ2n) is 2.59. The summed E-state index contributed by atoms with van der Waals surface area (Å²) in [6.45, 7) is 3.32. The largest absolute Gasteiger partial charge is 0.240 e. The zero-order chi connectivity index (χ0) is 9.14. The van der Waals surface area contributed by atoms with Gasteiger partial charge in [-0.1, -0.05) is 0 Å². The number of halogens is 1. The van der Waals surface area contributed by atoms with Crippen molar-refractivity contribution in [2.24, 2.45) is 4.99 Å². The van der Waals surface area contributed by atoms with Crippen molar-refractivity contribution >= 4 is 11.8 Å². The third kappa shape index (κ3) is 1.57. The molecule has 0 heterocycles. The number of rotatable bonds is 1. The highest BCUT2D eigenvalue weighted by Gasteiger charge is 2.03. The quantitative estimate of drug-likeness (QED) is 0.464. The van der Waals surface area contributed by atoms with Gasteiger partial charge >= 0.3 is 0 Å². The number of nitrogens with zero attached hydrogens (tertiary/aromatic N) is 1. The van der Waals surface area contributed by atoms with E-state index in [1.807, 2.05) is 0 Å². The van der Waals surface area contributed by atoms with Crippen molar-refractivity contribution in [3.8, 4) is 0 Å². The van der Waals surface area contributed by atoms with Crippen molar-refractivity contribution < 1.29 is 9.18 Å². The van der Waals surface area contributed by atoms with Gasteiger partial charge in [-0.05, 0) is 31.5 Å². The summed E-state index contributed by atoms with van der Waals surface area (Å²) >= 11 is 0. The van der Waals surface area contributed by atoms with Gasteiger partial charge < -0.3 is 0 Å². The third-order valence-corrected chi connectivity index (χ3v) is 1.63. The summed E-state index contributed by atoms with van der Waals surface area (Å²) in [5.74, 6) is -0.344. The molecule has 1 rings (SSSR count). The smallest absolute Gasteiger partial charge is 0.211 e. The molecule has 2 nitrogen and oxygen atoms in total. The number of isocyanates is 1. The van der Waals surface area contributed by atoms with Crippen LogP contribution in [0.25, 0.3) is 0 Å². The van der Waals surface area contributed by atoms with Crippen molar-refractivity contribution in [2.45, 2.75) is 13.8 Å². The monoisotopic (exact) mass is 165 g/mol. The van der Waals surface area contributed by atoms with Crippen LogP contribution in [0.5, 0.6) is 0 Å². The first kappa shape index (κ1) is 8.62. The highest BCUT2D eigenvalue weighted by atomic mass is 19.1. The normalized spacial score (nSPS) is 9.25. The van der Waals surface area contributed by atoms with Crippen molar-refractivity contribution in [1.82, 2.24) is 0 Å². The number of aryl methyl sites for hydroxylation is 1. The number of carbonyl (C=O) groups excluding carboxylic acids is 1. The molecule has 0 spiro atoms. The molecule has 0 aliphatic rings. The lowest BCUT2D eigenvalue weighted by Crippen LogP contribution is -1.84. The van der Waals surface area contributed by atoms with E-state index in [0.717, 1.165) is 5.56 Å². The van der Waals surface area contributed by atoms with Gasteiger partial charge in [0.25, 0.3) is 0 Å². The average Bonchev–Trinajstić information content (AvgIpc) is 2.00. The summed E-state index contributed by atoms with van der Waals surface area (Å²) in [5, 5.41) is 0. The van der Waals surface area contributed by atoms with Gasteiger partial charge in [-0.2, -0.15) is 4.99 Å². The Morgan fingerprint density at radius 2 is 2.08 bits per heavy atom. The molecule has 0 saturated heterocycles. The summed E-state index contributed by atoms with van der Waals surface area (Å²) in [7, 11) is 0. The van der Waals surface area contributed by atoms with Crippen LogP contribution >= 0.6 is 0 Å². The van der Waals surface area contributed by atoms with Crippen LogP contribution in [-0.4, -0.2) is 6.08 Å². The number of benzene rings is 1. The predicted molar refractivity (Wildman–Crippen MR) is 43.7 cm³/mol. The zero-order valence-corrected chi connectivity index (χ0v) is 6.89. The van der Waals surface area contributed by atoms with E-state index in [-0.39, 0.29) is 5.82 Å². The first-order chi connectivity index (χ1) is 5.65. The average molecular weight is 165 g/mol. The highest BCUT2D eigenvalue weighted by molar-refractivity contribution is 5.54. The SMILES string of the molecule is Cc1cc(F)c(C)c(N=C=O)c1. The zero-order valence-electron chi connectivity index (χ0n) is 6.89. The fourth-order valence-corrected chi connectivity index (χ4v) is 0.961. The maximum Gasteiger partial charge on any atom is 0.240 e. The Labute approximate surface area is 69.7 Å². The Balaban J connectivity index is 3.36. The Hall–Kier alpha value is -1.47. The minimum atomic E-state index is -0.344. The van der Waals surface area contributed by atoms with E-state index in [9.17, 15) is 9.18 Å². The van der Waals surface area contributed by atoms with E-state index in [0.29, 0.717) is 11.3 Å². The van der Waals surface area contributed by atoms with Crippen LogP contribution in [0, 0.1) is 19.7 Å². The number of aliphatic imine (C=N–C) groups is 1. The minimum absolute atomic E-state index is 0.344. The first-order valence-corrected chi connectivity index (χ1v) is 3.50. The van der Waals surface area contributed by atoms with Crippen LogP contribution in [-0.2, 0) is 4.79 Å². The van der Waals surface area contributed by atoms with Gasteiger partial charge in [-0.25, -0.2) is 9.18 Å². The van der Waals surface area contributed by atoms with E-state index in [1.54, 1.807) is 19.9 Å². The number of hydrogen-bond acceptors (Lipinski definition) is 2. The summed E-state index contributed by atoms with van der Waals surface area (Å²) in [4.78, 5) is 13.3. The van der Waals surface area contributed by atoms with Crippen LogP contribution in [0.3, 0.4) is 0 Å². The summed E-state index contributed by atoms with van der Waals surface area (Å²) in [6.07, 6.45) is 1.39. The summed E-state index contributed by atoms with van der Waals surface area (Å²) < 4.78 is 13.0. The van der Waals surface area contributed by atoms with E-state index < -0.39 is 0 Å². The van der Waals surface area contributed by atoms with Crippen molar-refractivity contribution in [1.29, 1.82) is 0 Å². The molecule has 0 aliphatic heterocycles. The first-order valence-electron chi connectivity index (χ1n) is 3.50. The van der Waals surface area contributed by atoms with Crippen molar-refractivity contribution in [3.05, 3.63) is 29.1 Å². The molecule has 0 aliphatic carbocycles. The molecule has 1 aromatic rings. The van der Waals surface area contributed by atoms with Crippen molar-refractivity contribution in [2.75, 3.05) is 0 Å². The standard InChI is InChI=1S/C9H8FNO/c1-6-3-8(10)7(2)9(4-6)11-5-12/h3-4H,1-2H3. The van der Waals surface area contributed by atoms with Crippen molar-refractivity contribution in [3.63, 3.8) is 0 Å². The Morgan fingerprint density at radius 1 is 1.42 bits per heavy atom. The molecule has 0 atom stereocenters. The van der Waals surface area contributed by atoms with Crippen LogP contribution in [0.2, 0.25) is 0 Å². The molecule has 0 bridgehead atoms. The summed E-state index contributed by atoms with van der Waals surface area (Å²) in [5.41, 5.74) is 1.47. The van der Waals surface area contributed by atoms with E-state index >= 15 is 0 Å². The molecule has 1 aromatic carbocycles. The van der Waals surface area contributed by atoms with Gasteiger partial charge in [0.2, 0.25) is 6.08 Å². The van der Waals surface area contributed by atoms with Gasteiger partial charge in [0, 0.05) is 5.56 Å². The molecule has 0 N–H and O–H groups in total. The van der Waals surface area contributed by atoms with E-state index in [4.69, 9.17) is 0 Å². The molecule has 0 saturated carbocycles. The minimum Gasteiger partial charge on any atom is -0.211 e. The molecule has 12 heavy (non-hydrogen) atoms. The maximum atomic E-state index is 13.0. The lowest BCUT2D eigenvalue weighted by Gasteiger charge is -2.00. The lowest BCUT2D eigenvalue weighted by atomic mass is 10.1. The Bertz CT molecular complexity index is 354. The second kappa shape index (κ2) is 3.28. The van der Waals surface area contributed by atoms with Crippen LogP contribution in [0.1, 0.15) is 11.1 Å². The molecule has 0 fully saturated rings. The Kier molecular flexibility index (Phi) is 2.36. The fraction of sp³-hybridized carbons (Fsp3) is 0.222. The molecular formula is C9H8FNO. The van der Waals surface area contributed by atoms with Crippen LogP contribution in [0.4, 0.5) is 10.1 Å². The van der Waals surface area contributed by atoms with Gasteiger partial charge in [-0.15, -0.1) is 0 Å². The van der Waals surface area contributed by atoms with E-state index in [2.05, 4.69) is 4.99 Å². The fourth-order valence-electron chi connectivity index (χ4n) is 0.961. The lowest BCUT2D eigenvalue weighted by molar-refractivity contribution is 0.565. The molecular weight excluding hydrogens is 157 g/mol. The van der Waals surface area contributed by atoms with Gasteiger partial charge in [0.05, 0.1) is 5.69 Å². The van der Waals surface area contributed by atoms with Crippen LogP contribution in [0.15, 0.2) is 17.1 Å². The van der Waals surface area contributed by atoms with Crippen LogP contribution < -0.4 is 0 Å². The molecule has 0 unspecified atom stereocenters. The molecule has 0 amide bonds. The summed E-state index contributed by atoms with van der Waals surface area (Å²) in [6, 6.07) is 3.04. The van der Waals surface area contributed by atoms with Gasteiger partial charge in [0.1, 0.15) is 5.82 Å². The predicted octanol–water partition coefficient (Wildman–Crippen LogP) is 2.41. The Morgan fingerprint density at radius 3 is 2.67 bits per heavy atom. The number of hydrogen-bond donors (Lipinski definition) is 0. The molecule has 3 heteroatoms. The maximum absolute atomic E-state index is 13.0. The molecule has 0 radical (unpaired) electrons. The van der Waals surface area contributed by atoms with Gasteiger partial charge in [-0.3, -0.25) is 0 Å². The third-order valence-electron chi connectivity index (χ3n) is 1.63. The molecule has 0 aromatic heterocycles. The highest BCUT2D eigenvalue weighted by Crippen LogP contribution is 2.22. The van der Waals surface area contributed by atoms with Gasteiger partial charge in [0.15, 0.2) is 0 Å². The van der Waals surface area contributed by atoms with E-state index in [1.165, 1.54) is 12.1 Å². The second-order valence-corrected chi connectivity index (χ2v) is 2.59. The topological polar surface area (TPSA) is 29.4 Å².